The van der Waals surface area contributed by atoms with E-state index in [1.807, 2.05) is 12.1 Å². The van der Waals surface area contributed by atoms with Crippen molar-refractivity contribution in [3.8, 4) is 5.75 Å². The van der Waals surface area contributed by atoms with Crippen molar-refractivity contribution in [2.24, 2.45) is 0 Å². The highest BCUT2D eigenvalue weighted by Crippen LogP contribution is 2.17. The summed E-state index contributed by atoms with van der Waals surface area (Å²) in [7, 11) is 1.72. The molecule has 0 aliphatic carbocycles. The van der Waals surface area contributed by atoms with Crippen molar-refractivity contribution in [3.05, 3.63) is 29.3 Å². The van der Waals surface area contributed by atoms with Crippen molar-refractivity contribution in [2.75, 3.05) is 33.4 Å². The molecule has 0 fully saturated rings. The third-order valence-electron chi connectivity index (χ3n) is 2.82. The third kappa shape index (κ3) is 8.38. The van der Waals surface area contributed by atoms with Crippen LogP contribution in [0.25, 0.3) is 0 Å². The molecule has 0 bridgehead atoms. The van der Waals surface area contributed by atoms with Gasteiger partial charge in [0.1, 0.15) is 18.5 Å². The first kappa shape index (κ1) is 17.2. The van der Waals surface area contributed by atoms with Crippen molar-refractivity contribution < 1.29 is 14.6 Å². The van der Waals surface area contributed by atoms with Crippen molar-refractivity contribution >= 4 is 11.6 Å². The summed E-state index contributed by atoms with van der Waals surface area (Å²) in [6.45, 7) is 2.51. The summed E-state index contributed by atoms with van der Waals surface area (Å²) in [5.74, 6) is 0.677. The van der Waals surface area contributed by atoms with E-state index >= 15 is 0 Å². The monoisotopic (exact) mass is 301 g/mol. The second kappa shape index (κ2) is 10.9. The van der Waals surface area contributed by atoms with Crippen LogP contribution in [0.5, 0.6) is 5.75 Å². The molecule has 0 aromatic heterocycles. The maximum atomic E-state index is 9.78. The van der Waals surface area contributed by atoms with Gasteiger partial charge in [-0.2, -0.15) is 0 Å². The number of methoxy groups -OCH3 is 1. The number of aliphatic hydroxyl groups excluding tert-OH is 1. The maximum absolute atomic E-state index is 9.78. The topological polar surface area (TPSA) is 50.7 Å². The molecular weight excluding hydrogens is 278 g/mol. The second-order valence-electron chi connectivity index (χ2n) is 4.68. The minimum atomic E-state index is -0.520. The molecule has 1 rings (SSSR count). The van der Waals surface area contributed by atoms with Crippen LogP contribution in [0.4, 0.5) is 0 Å². The number of rotatable bonds is 11. The van der Waals surface area contributed by atoms with E-state index < -0.39 is 6.10 Å². The standard InChI is InChI=1S/C15H24ClNO3/c1-19-9-4-2-3-8-17-11-14(18)12-20-15-7-5-6-13(16)10-15/h5-7,10,14,17-18H,2-4,8-9,11-12H2,1H3. The summed E-state index contributed by atoms with van der Waals surface area (Å²) in [6, 6.07) is 7.16. The van der Waals surface area contributed by atoms with Crippen LogP contribution in [0, 0.1) is 0 Å². The van der Waals surface area contributed by atoms with E-state index in [1.165, 1.54) is 0 Å². The highest BCUT2D eigenvalue weighted by molar-refractivity contribution is 6.30. The molecule has 20 heavy (non-hydrogen) atoms. The minimum Gasteiger partial charge on any atom is -0.491 e. The number of hydrogen-bond acceptors (Lipinski definition) is 4. The van der Waals surface area contributed by atoms with Gasteiger partial charge in [-0.25, -0.2) is 0 Å². The zero-order chi connectivity index (χ0) is 14.6. The average Bonchev–Trinajstić information content (AvgIpc) is 2.44. The van der Waals surface area contributed by atoms with Crippen molar-refractivity contribution in [1.29, 1.82) is 0 Å². The molecule has 0 saturated heterocycles. The molecule has 1 atom stereocenters. The Morgan fingerprint density at radius 1 is 1.30 bits per heavy atom. The molecule has 2 N–H and O–H groups in total. The lowest BCUT2D eigenvalue weighted by atomic mass is 10.2. The number of hydrogen-bond donors (Lipinski definition) is 2. The summed E-state index contributed by atoms with van der Waals surface area (Å²) >= 11 is 5.85. The first-order valence-electron chi connectivity index (χ1n) is 6.98. The van der Waals surface area contributed by atoms with Crippen LogP contribution in [0.2, 0.25) is 5.02 Å². The molecule has 0 amide bonds. The van der Waals surface area contributed by atoms with Crippen LogP contribution in [0.1, 0.15) is 19.3 Å². The summed E-state index contributed by atoms with van der Waals surface area (Å²) < 4.78 is 10.5. The van der Waals surface area contributed by atoms with Gasteiger partial charge in [0.25, 0.3) is 0 Å². The van der Waals surface area contributed by atoms with E-state index in [0.29, 0.717) is 17.3 Å². The quantitative estimate of drug-likeness (QED) is 0.617. The molecule has 5 heteroatoms. The molecular formula is C15H24ClNO3. The summed E-state index contributed by atoms with van der Waals surface area (Å²) in [5.41, 5.74) is 0. The largest absolute Gasteiger partial charge is 0.491 e. The van der Waals surface area contributed by atoms with E-state index in [0.717, 1.165) is 32.4 Å². The number of benzene rings is 1. The van der Waals surface area contributed by atoms with Gasteiger partial charge in [-0.05, 0) is 44.0 Å². The van der Waals surface area contributed by atoms with Gasteiger partial charge in [0.15, 0.2) is 0 Å². The smallest absolute Gasteiger partial charge is 0.120 e. The Bertz CT molecular complexity index is 363. The molecule has 0 aliphatic rings. The zero-order valence-electron chi connectivity index (χ0n) is 12.0. The van der Waals surface area contributed by atoms with E-state index in [1.54, 1.807) is 19.2 Å². The van der Waals surface area contributed by atoms with Gasteiger partial charge < -0.3 is 19.9 Å². The number of halogens is 1. The van der Waals surface area contributed by atoms with E-state index in [-0.39, 0.29) is 6.61 Å². The molecule has 0 saturated carbocycles. The Morgan fingerprint density at radius 3 is 2.90 bits per heavy atom. The fourth-order valence-electron chi connectivity index (χ4n) is 1.75. The van der Waals surface area contributed by atoms with Crippen LogP contribution in [-0.4, -0.2) is 44.6 Å². The zero-order valence-corrected chi connectivity index (χ0v) is 12.7. The lowest BCUT2D eigenvalue weighted by Gasteiger charge is -2.13. The fraction of sp³-hybridized carbons (Fsp3) is 0.600. The lowest BCUT2D eigenvalue weighted by molar-refractivity contribution is 0.106. The van der Waals surface area contributed by atoms with Crippen molar-refractivity contribution in [2.45, 2.75) is 25.4 Å². The predicted octanol–water partition coefficient (Wildman–Crippen LogP) is 2.49. The predicted molar refractivity (Wildman–Crippen MR) is 81.6 cm³/mol. The van der Waals surface area contributed by atoms with Crippen LogP contribution >= 0.6 is 11.6 Å². The highest BCUT2D eigenvalue weighted by Gasteiger charge is 2.04. The normalized spacial score (nSPS) is 12.3. The molecule has 0 radical (unpaired) electrons. The van der Waals surface area contributed by atoms with Gasteiger partial charge in [-0.15, -0.1) is 0 Å². The van der Waals surface area contributed by atoms with Gasteiger partial charge in [-0.3, -0.25) is 0 Å². The Hall–Kier alpha value is -0.810. The first-order chi connectivity index (χ1) is 9.72. The van der Waals surface area contributed by atoms with E-state index in [4.69, 9.17) is 21.1 Å². The average molecular weight is 302 g/mol. The molecule has 1 aromatic rings. The lowest BCUT2D eigenvalue weighted by Crippen LogP contribution is -2.32. The SMILES string of the molecule is COCCCCCNCC(O)COc1cccc(Cl)c1. The highest BCUT2D eigenvalue weighted by atomic mass is 35.5. The van der Waals surface area contributed by atoms with Crippen LogP contribution in [-0.2, 0) is 4.74 Å². The molecule has 1 aromatic carbocycles. The van der Waals surface area contributed by atoms with Crippen LogP contribution in [0.15, 0.2) is 24.3 Å². The van der Waals surface area contributed by atoms with Gasteiger partial charge in [-0.1, -0.05) is 17.7 Å². The molecule has 1 unspecified atom stereocenters. The van der Waals surface area contributed by atoms with Gasteiger partial charge in [0.2, 0.25) is 0 Å². The van der Waals surface area contributed by atoms with Gasteiger partial charge >= 0.3 is 0 Å². The second-order valence-corrected chi connectivity index (χ2v) is 5.12. The van der Waals surface area contributed by atoms with Crippen LogP contribution < -0.4 is 10.1 Å². The number of unbranched alkanes of at least 4 members (excludes halogenated alkanes) is 2. The number of ether oxygens (including phenoxy) is 2. The third-order valence-corrected chi connectivity index (χ3v) is 3.06. The molecule has 0 heterocycles. The molecule has 0 spiro atoms. The van der Waals surface area contributed by atoms with E-state index in [9.17, 15) is 5.11 Å². The fourth-order valence-corrected chi connectivity index (χ4v) is 1.93. The Labute approximate surface area is 126 Å². The summed E-state index contributed by atoms with van der Waals surface area (Å²) in [5, 5.41) is 13.6. The van der Waals surface area contributed by atoms with Crippen molar-refractivity contribution in [1.82, 2.24) is 5.32 Å². The molecule has 0 aliphatic heterocycles. The summed E-state index contributed by atoms with van der Waals surface area (Å²) in [6.07, 6.45) is 2.78. The Kier molecular flexibility index (Phi) is 9.41. The van der Waals surface area contributed by atoms with Gasteiger partial charge in [0, 0.05) is 25.3 Å². The van der Waals surface area contributed by atoms with Crippen LogP contribution in [0.3, 0.4) is 0 Å². The Morgan fingerprint density at radius 2 is 2.15 bits per heavy atom. The molecule has 4 nitrogen and oxygen atoms in total. The van der Waals surface area contributed by atoms with Gasteiger partial charge in [0.05, 0.1) is 0 Å². The first-order valence-corrected chi connectivity index (χ1v) is 7.36. The Balaban J connectivity index is 2.01. The van der Waals surface area contributed by atoms with E-state index in [2.05, 4.69) is 5.32 Å². The summed E-state index contributed by atoms with van der Waals surface area (Å²) in [4.78, 5) is 0. The van der Waals surface area contributed by atoms with Crippen molar-refractivity contribution in [3.63, 3.8) is 0 Å². The number of aliphatic hydroxyl groups is 1. The number of nitrogens with one attached hydrogen (secondary N) is 1. The maximum Gasteiger partial charge on any atom is 0.120 e. The minimum absolute atomic E-state index is 0.261. The molecule has 114 valence electrons.